The van der Waals surface area contributed by atoms with Gasteiger partial charge in [-0.05, 0) is 46.1 Å². The van der Waals surface area contributed by atoms with Gasteiger partial charge in [-0.2, -0.15) is 0 Å². The maximum Gasteiger partial charge on any atom is 0.0116 e. The van der Waals surface area contributed by atoms with Gasteiger partial charge in [0.05, 0.1) is 0 Å². The molecule has 2 aliphatic rings. The molecule has 3 unspecified atom stereocenters. The second kappa shape index (κ2) is 6.19. The Morgan fingerprint density at radius 3 is 2.41 bits per heavy atom. The lowest BCUT2D eigenvalue weighted by Gasteiger charge is -2.51. The van der Waals surface area contributed by atoms with Crippen LogP contribution in [-0.4, -0.2) is 36.1 Å². The highest BCUT2D eigenvalue weighted by atomic mass is 15.2. The van der Waals surface area contributed by atoms with Gasteiger partial charge in [0.2, 0.25) is 0 Å². The summed E-state index contributed by atoms with van der Waals surface area (Å²) in [5.41, 5.74) is 0. The Morgan fingerprint density at radius 2 is 1.88 bits per heavy atom. The molecular weight excluding hydrogens is 208 g/mol. The topological polar surface area (TPSA) is 15.3 Å². The fourth-order valence-corrected chi connectivity index (χ4v) is 4.02. The number of nitrogens with zero attached hydrogens (tertiary/aromatic N) is 1. The first-order chi connectivity index (χ1) is 8.26. The predicted octanol–water partition coefficient (Wildman–Crippen LogP) is 3.17. The zero-order chi connectivity index (χ0) is 12.3. The van der Waals surface area contributed by atoms with Crippen LogP contribution >= 0.6 is 0 Å². The van der Waals surface area contributed by atoms with E-state index in [9.17, 15) is 0 Å². The van der Waals surface area contributed by atoms with Gasteiger partial charge in [0.1, 0.15) is 0 Å². The highest BCUT2D eigenvalue weighted by Gasteiger charge is 2.39. The lowest BCUT2D eigenvalue weighted by atomic mass is 9.80. The van der Waals surface area contributed by atoms with Crippen molar-refractivity contribution in [2.24, 2.45) is 0 Å². The van der Waals surface area contributed by atoms with Crippen LogP contribution < -0.4 is 5.32 Å². The molecule has 17 heavy (non-hydrogen) atoms. The molecule has 0 spiro atoms. The molecule has 0 aromatic carbocycles. The molecule has 0 aromatic rings. The number of unbranched alkanes of at least 4 members (excludes halogenated alkanes) is 1. The maximum atomic E-state index is 3.51. The Bertz CT molecular complexity index is 215. The van der Waals surface area contributed by atoms with Gasteiger partial charge in [0, 0.05) is 24.2 Å². The van der Waals surface area contributed by atoms with Crippen molar-refractivity contribution < 1.29 is 0 Å². The number of hydrogen-bond acceptors (Lipinski definition) is 2. The molecule has 0 amide bonds. The Hall–Kier alpha value is -0.0800. The third kappa shape index (κ3) is 3.03. The summed E-state index contributed by atoms with van der Waals surface area (Å²) in [6, 6.07) is 3.32. The minimum absolute atomic E-state index is 0.778. The maximum absolute atomic E-state index is 3.51. The van der Waals surface area contributed by atoms with Gasteiger partial charge >= 0.3 is 0 Å². The molecule has 0 aromatic heterocycles. The van der Waals surface area contributed by atoms with E-state index in [1.807, 2.05) is 0 Å². The van der Waals surface area contributed by atoms with E-state index in [2.05, 4.69) is 31.1 Å². The first kappa shape index (κ1) is 13.4. The van der Waals surface area contributed by atoms with Crippen molar-refractivity contribution >= 4 is 0 Å². The fourth-order valence-electron chi connectivity index (χ4n) is 4.02. The van der Waals surface area contributed by atoms with Crippen LogP contribution in [0.15, 0.2) is 0 Å². The zero-order valence-electron chi connectivity index (χ0n) is 11.9. The molecule has 3 atom stereocenters. The first-order valence-corrected chi connectivity index (χ1v) is 7.71. The van der Waals surface area contributed by atoms with E-state index in [0.717, 1.165) is 24.2 Å². The van der Waals surface area contributed by atoms with Crippen LogP contribution in [0, 0.1) is 0 Å². The molecule has 2 fully saturated rings. The largest absolute Gasteiger partial charge is 0.317 e. The molecule has 2 bridgehead atoms. The fraction of sp³-hybridized carbons (Fsp3) is 1.00. The molecule has 2 nitrogen and oxygen atoms in total. The molecule has 2 saturated heterocycles. The van der Waals surface area contributed by atoms with Gasteiger partial charge in [0.15, 0.2) is 0 Å². The molecule has 100 valence electrons. The molecule has 1 N–H and O–H groups in total. The summed E-state index contributed by atoms with van der Waals surface area (Å²) < 4.78 is 0. The molecule has 2 heterocycles. The van der Waals surface area contributed by atoms with E-state index in [1.54, 1.807) is 0 Å². The smallest absolute Gasteiger partial charge is 0.0116 e. The Morgan fingerprint density at radius 1 is 1.24 bits per heavy atom. The van der Waals surface area contributed by atoms with Crippen LogP contribution in [0.3, 0.4) is 0 Å². The standard InChI is InChI=1S/C15H30N2/c1-4-5-7-12(2)17-14-8-6-9-15(17)11-13(10-14)16-3/h12-16H,4-11H2,1-3H3. The number of hydrogen-bond donors (Lipinski definition) is 1. The zero-order valence-corrected chi connectivity index (χ0v) is 11.9. The van der Waals surface area contributed by atoms with E-state index in [0.29, 0.717) is 0 Å². The molecule has 2 aliphatic heterocycles. The first-order valence-electron chi connectivity index (χ1n) is 7.71. The van der Waals surface area contributed by atoms with E-state index in [4.69, 9.17) is 0 Å². The van der Waals surface area contributed by atoms with Crippen LogP contribution in [-0.2, 0) is 0 Å². The average Bonchev–Trinajstić information content (AvgIpc) is 2.34. The quantitative estimate of drug-likeness (QED) is 0.791. The summed E-state index contributed by atoms with van der Waals surface area (Å²) in [7, 11) is 2.14. The van der Waals surface area contributed by atoms with Crippen molar-refractivity contribution in [1.29, 1.82) is 0 Å². The van der Waals surface area contributed by atoms with Crippen molar-refractivity contribution in [2.75, 3.05) is 7.05 Å². The summed E-state index contributed by atoms with van der Waals surface area (Å²) in [4.78, 5) is 2.88. The minimum atomic E-state index is 0.778. The normalized spacial score (nSPS) is 35.8. The number of rotatable bonds is 5. The summed E-state index contributed by atoms with van der Waals surface area (Å²) in [6.45, 7) is 4.77. The Kier molecular flexibility index (Phi) is 4.87. The van der Waals surface area contributed by atoms with Crippen molar-refractivity contribution in [3.05, 3.63) is 0 Å². The average molecular weight is 238 g/mol. The van der Waals surface area contributed by atoms with E-state index < -0.39 is 0 Å². The molecule has 2 rings (SSSR count). The summed E-state index contributed by atoms with van der Waals surface area (Å²) in [6.07, 6.45) is 11.2. The van der Waals surface area contributed by atoms with E-state index >= 15 is 0 Å². The van der Waals surface area contributed by atoms with Gasteiger partial charge in [-0.25, -0.2) is 0 Å². The highest BCUT2D eigenvalue weighted by Crippen LogP contribution is 2.36. The predicted molar refractivity (Wildman–Crippen MR) is 74.3 cm³/mol. The van der Waals surface area contributed by atoms with Crippen molar-refractivity contribution in [3.63, 3.8) is 0 Å². The SMILES string of the molecule is CCCCC(C)N1C2CCCC1CC(NC)C2. The van der Waals surface area contributed by atoms with Gasteiger partial charge in [-0.3, -0.25) is 4.90 Å². The third-order valence-corrected chi connectivity index (χ3v) is 4.92. The van der Waals surface area contributed by atoms with Crippen LogP contribution in [0.5, 0.6) is 0 Å². The van der Waals surface area contributed by atoms with Gasteiger partial charge in [-0.1, -0.05) is 26.2 Å². The van der Waals surface area contributed by atoms with Crippen LogP contribution in [0.2, 0.25) is 0 Å². The monoisotopic (exact) mass is 238 g/mol. The van der Waals surface area contributed by atoms with Gasteiger partial charge < -0.3 is 5.32 Å². The molecule has 2 heteroatoms. The van der Waals surface area contributed by atoms with Crippen molar-refractivity contribution in [1.82, 2.24) is 10.2 Å². The summed E-state index contributed by atoms with van der Waals surface area (Å²) >= 11 is 0. The summed E-state index contributed by atoms with van der Waals surface area (Å²) in [5, 5.41) is 3.51. The highest BCUT2D eigenvalue weighted by molar-refractivity contribution is 4.96. The number of piperidine rings is 2. The lowest BCUT2D eigenvalue weighted by Crippen LogP contribution is -2.58. The summed E-state index contributed by atoms with van der Waals surface area (Å²) in [5.74, 6) is 0. The number of fused-ring (bicyclic) bond motifs is 2. The second-order valence-electron chi connectivity index (χ2n) is 6.13. The van der Waals surface area contributed by atoms with Gasteiger partial charge in [0.25, 0.3) is 0 Å². The van der Waals surface area contributed by atoms with Crippen LogP contribution in [0.25, 0.3) is 0 Å². The second-order valence-corrected chi connectivity index (χ2v) is 6.13. The molecular formula is C15H30N2. The van der Waals surface area contributed by atoms with Gasteiger partial charge in [-0.15, -0.1) is 0 Å². The van der Waals surface area contributed by atoms with Crippen molar-refractivity contribution in [2.45, 2.75) is 89.4 Å². The molecule has 0 radical (unpaired) electrons. The lowest BCUT2D eigenvalue weighted by molar-refractivity contribution is -0.00719. The Balaban J connectivity index is 1.97. The number of nitrogens with one attached hydrogen (secondary N) is 1. The van der Waals surface area contributed by atoms with Crippen LogP contribution in [0.4, 0.5) is 0 Å². The Labute approximate surface area is 107 Å². The van der Waals surface area contributed by atoms with Crippen LogP contribution in [0.1, 0.15) is 65.2 Å². The van der Waals surface area contributed by atoms with Crippen molar-refractivity contribution in [3.8, 4) is 0 Å². The molecule has 0 saturated carbocycles. The minimum Gasteiger partial charge on any atom is -0.317 e. The van der Waals surface area contributed by atoms with E-state index in [1.165, 1.54) is 51.4 Å². The molecule has 0 aliphatic carbocycles. The van der Waals surface area contributed by atoms with E-state index in [-0.39, 0.29) is 0 Å². The third-order valence-electron chi connectivity index (χ3n) is 4.92.